The van der Waals surface area contributed by atoms with E-state index in [1.165, 1.54) is 18.3 Å². The molecule has 1 aromatic heterocycles. The number of nitrogens with zero attached hydrogens (tertiary/aromatic N) is 5. The zero-order valence-corrected chi connectivity index (χ0v) is 41.9. The maximum absolute atomic E-state index is 14.5. The number of ether oxygens (including phenoxy) is 4. The first-order valence-corrected chi connectivity index (χ1v) is 25.0. The lowest BCUT2D eigenvalue weighted by atomic mass is 9.76. The van der Waals surface area contributed by atoms with Crippen LogP contribution in [0.4, 0.5) is 0 Å². The van der Waals surface area contributed by atoms with Crippen LogP contribution < -0.4 is 0 Å². The van der Waals surface area contributed by atoms with Gasteiger partial charge in [0.15, 0.2) is 5.78 Å². The largest absolute Gasteiger partial charge is 0.461 e. The lowest BCUT2D eigenvalue weighted by molar-refractivity contribution is -0.264. The molecular formula is C52H81N5O10. The van der Waals surface area contributed by atoms with Gasteiger partial charge in [0.25, 0.3) is 11.7 Å². The monoisotopic (exact) mass is 936 g/mol. The van der Waals surface area contributed by atoms with Crippen LogP contribution in [0.3, 0.4) is 0 Å². The number of carbonyl (C=O) groups excluding carboxylic acids is 4. The number of methoxy groups -OCH3 is 2. The number of aliphatic hydroxyl groups excluding tert-OH is 1. The number of ketones is 2. The van der Waals surface area contributed by atoms with Crippen molar-refractivity contribution >= 4 is 23.4 Å². The molecule has 374 valence electrons. The zero-order valence-electron chi connectivity index (χ0n) is 41.9. The lowest BCUT2D eigenvalue weighted by Crippen LogP contribution is -2.60. The standard InChI is InChI=1S/C52H81N5O10/c1-32-16-12-11-13-17-34(3)43(57-31-53-54-55-57)30-41-23-21-39(8)52(63,67-41)49(60)50(61)56-25-15-14-18-42(56)51(62)66-44(36(5)28-40-22-20-35(4)45(29-40)64-9)24-19-33(2)27-38(7)47(59)48(65-10)46(58)37(6)26-32/h11-13,16-17,27,31-33,35-37,39-45,47-48,59,63H,14-15,18-26,28-30H2,1-10H3/b13-11+,16-12+,34-17+,38-27+/t32-,33+,35-,36-,37?,39?,40?,41+,42?,43-,44+,45?,47?,48+,52?/m1/s1. The lowest BCUT2D eigenvalue weighted by Gasteiger charge is -2.43. The highest BCUT2D eigenvalue weighted by atomic mass is 16.6. The maximum atomic E-state index is 14.5. The summed E-state index contributed by atoms with van der Waals surface area (Å²) in [6.07, 6.45) is 18.4. The second kappa shape index (κ2) is 25.1. The summed E-state index contributed by atoms with van der Waals surface area (Å²) in [4.78, 5) is 58.3. The number of Topliss-reactive ketones (excluding diaryl/α,β-unsaturated/α-hetero) is 2. The molecule has 1 amide bonds. The molecule has 0 spiro atoms. The van der Waals surface area contributed by atoms with Gasteiger partial charge in [-0.2, -0.15) is 0 Å². The first kappa shape index (κ1) is 54.1. The number of tetrazole rings is 1. The van der Waals surface area contributed by atoms with Crippen molar-refractivity contribution < 1.29 is 48.3 Å². The molecule has 0 aromatic carbocycles. The van der Waals surface area contributed by atoms with Gasteiger partial charge in [0.1, 0.15) is 30.7 Å². The van der Waals surface area contributed by atoms with E-state index in [1.807, 2.05) is 71.1 Å². The third-order valence-corrected chi connectivity index (χ3v) is 15.3. The number of carbonyl (C=O) groups is 4. The van der Waals surface area contributed by atoms with E-state index in [1.54, 1.807) is 18.7 Å². The van der Waals surface area contributed by atoms with Gasteiger partial charge in [0, 0.05) is 39.0 Å². The highest BCUT2D eigenvalue weighted by molar-refractivity contribution is 6.39. The molecule has 3 fully saturated rings. The summed E-state index contributed by atoms with van der Waals surface area (Å²) in [6, 6.07) is -1.41. The molecule has 1 aliphatic carbocycles. The van der Waals surface area contributed by atoms with Crippen LogP contribution in [0.5, 0.6) is 0 Å². The van der Waals surface area contributed by atoms with Crippen molar-refractivity contribution in [3.8, 4) is 0 Å². The molecule has 7 unspecified atom stereocenters. The van der Waals surface area contributed by atoms with E-state index in [4.69, 9.17) is 18.9 Å². The molecule has 5 rings (SSSR count). The van der Waals surface area contributed by atoms with E-state index in [0.29, 0.717) is 75.2 Å². The Hall–Kier alpha value is -3.89. The number of cyclic esters (lactones) is 1. The van der Waals surface area contributed by atoms with Crippen LogP contribution >= 0.6 is 0 Å². The Morgan fingerprint density at radius 1 is 0.851 bits per heavy atom. The first-order chi connectivity index (χ1) is 31.9. The fraction of sp³-hybridized carbons (Fsp3) is 0.750. The van der Waals surface area contributed by atoms with Crippen LogP contribution in [-0.2, 0) is 38.1 Å². The predicted octanol–water partition coefficient (Wildman–Crippen LogP) is 7.49. The van der Waals surface area contributed by atoms with E-state index < -0.39 is 65.9 Å². The van der Waals surface area contributed by atoms with E-state index in [0.717, 1.165) is 31.3 Å². The number of piperidine rings is 1. The van der Waals surface area contributed by atoms with Crippen molar-refractivity contribution in [3.63, 3.8) is 0 Å². The number of amides is 1. The van der Waals surface area contributed by atoms with Crippen LogP contribution in [0, 0.1) is 41.4 Å². The van der Waals surface area contributed by atoms with Gasteiger partial charge in [0.2, 0.25) is 5.79 Å². The Balaban J connectivity index is 1.47. The number of hydrogen-bond donors (Lipinski definition) is 2. The minimum absolute atomic E-state index is 0.0310. The molecule has 4 aliphatic rings. The summed E-state index contributed by atoms with van der Waals surface area (Å²) in [7, 11) is 3.22. The quantitative estimate of drug-likeness (QED) is 0.162. The number of allylic oxidation sites excluding steroid dienone is 7. The molecule has 1 saturated carbocycles. The van der Waals surface area contributed by atoms with Crippen molar-refractivity contribution in [1.29, 1.82) is 0 Å². The third-order valence-electron chi connectivity index (χ3n) is 15.3. The first-order valence-electron chi connectivity index (χ1n) is 25.0. The molecule has 2 saturated heterocycles. The van der Waals surface area contributed by atoms with Crippen LogP contribution in [0.1, 0.15) is 145 Å². The second-order valence-corrected chi connectivity index (χ2v) is 20.7. The highest BCUT2D eigenvalue weighted by Gasteiger charge is 2.53. The number of aromatic nitrogens is 4. The average Bonchev–Trinajstić information content (AvgIpc) is 3.85. The molecule has 4 heterocycles. The fourth-order valence-corrected chi connectivity index (χ4v) is 10.9. The van der Waals surface area contributed by atoms with Gasteiger partial charge in [-0.25, -0.2) is 9.48 Å². The van der Waals surface area contributed by atoms with Crippen LogP contribution in [0.2, 0.25) is 0 Å². The molecular weight excluding hydrogens is 855 g/mol. The van der Waals surface area contributed by atoms with Gasteiger partial charge in [-0.05, 0) is 142 Å². The summed E-state index contributed by atoms with van der Waals surface area (Å²) in [5, 5.41) is 35.5. The Bertz CT molecular complexity index is 1920. The molecule has 2 bridgehead atoms. The Morgan fingerprint density at radius 3 is 2.31 bits per heavy atom. The summed E-state index contributed by atoms with van der Waals surface area (Å²) in [6.45, 7) is 15.9. The normalized spacial score (nSPS) is 39.5. The molecule has 67 heavy (non-hydrogen) atoms. The highest BCUT2D eigenvalue weighted by Crippen LogP contribution is 2.39. The predicted molar refractivity (Wildman–Crippen MR) is 254 cm³/mol. The number of rotatable bonds is 6. The van der Waals surface area contributed by atoms with E-state index in [2.05, 4.69) is 29.4 Å². The van der Waals surface area contributed by atoms with Gasteiger partial charge >= 0.3 is 5.97 Å². The number of aliphatic hydroxyl groups is 2. The average molecular weight is 936 g/mol. The van der Waals surface area contributed by atoms with Gasteiger partial charge in [0.05, 0.1) is 18.2 Å². The van der Waals surface area contributed by atoms with E-state index in [-0.39, 0.29) is 42.1 Å². The Morgan fingerprint density at radius 2 is 1.61 bits per heavy atom. The molecule has 15 nitrogen and oxygen atoms in total. The van der Waals surface area contributed by atoms with Crippen LogP contribution in [0.15, 0.2) is 53.9 Å². The van der Waals surface area contributed by atoms with Crippen molar-refractivity contribution in [2.45, 2.75) is 187 Å². The van der Waals surface area contributed by atoms with E-state index in [9.17, 15) is 29.4 Å². The minimum Gasteiger partial charge on any atom is -0.461 e. The van der Waals surface area contributed by atoms with E-state index >= 15 is 0 Å². The van der Waals surface area contributed by atoms with Crippen LogP contribution in [0.25, 0.3) is 0 Å². The minimum atomic E-state index is -2.41. The fourth-order valence-electron chi connectivity index (χ4n) is 10.9. The number of fused-ring (bicyclic) bond motifs is 3. The summed E-state index contributed by atoms with van der Waals surface area (Å²) < 4.78 is 25.9. The maximum Gasteiger partial charge on any atom is 0.329 e. The SMILES string of the molecule is COC1CC(C[C@@H](C)[C@@H]2CC[C@H](C)/C=C(\C)C(O)[C@@H](OC)C(=O)C(C)C[C@H](C)/C=C/C=C/C=C(\C)[C@H](n3cnnn3)C[C@@H]3CCC(C)C(O)(O3)C(=O)C(=O)N3CCCCC3C(=O)O2)CC[C@H]1C. The summed E-state index contributed by atoms with van der Waals surface area (Å²) in [5.41, 5.74) is 1.51. The van der Waals surface area contributed by atoms with Crippen molar-refractivity contribution in [3.05, 3.63) is 53.9 Å². The Labute approximate surface area is 399 Å². The number of esters is 1. The number of hydrogen-bond acceptors (Lipinski definition) is 13. The summed E-state index contributed by atoms with van der Waals surface area (Å²) in [5.74, 6) is -5.42. The third kappa shape index (κ3) is 14.1. The molecule has 15 heteroatoms. The van der Waals surface area contributed by atoms with Crippen molar-refractivity contribution in [1.82, 2.24) is 25.1 Å². The van der Waals surface area contributed by atoms with Gasteiger partial charge in [-0.1, -0.05) is 78.0 Å². The zero-order chi connectivity index (χ0) is 49.0. The molecule has 1 aromatic rings. The van der Waals surface area contributed by atoms with Gasteiger partial charge in [-0.3, -0.25) is 14.4 Å². The Kier molecular flexibility index (Phi) is 20.3. The molecule has 15 atom stereocenters. The molecule has 0 radical (unpaired) electrons. The van der Waals surface area contributed by atoms with Crippen LogP contribution in [-0.4, -0.2) is 122 Å². The van der Waals surface area contributed by atoms with Gasteiger partial charge < -0.3 is 34.1 Å². The topological polar surface area (TPSA) is 192 Å². The second-order valence-electron chi connectivity index (χ2n) is 20.7. The molecule has 2 N–H and O–H groups in total. The smallest absolute Gasteiger partial charge is 0.329 e. The summed E-state index contributed by atoms with van der Waals surface area (Å²) >= 11 is 0. The molecule has 3 aliphatic heterocycles. The van der Waals surface area contributed by atoms with Crippen molar-refractivity contribution in [2.75, 3.05) is 20.8 Å². The van der Waals surface area contributed by atoms with Crippen molar-refractivity contribution in [2.24, 2.45) is 41.4 Å². The van der Waals surface area contributed by atoms with Gasteiger partial charge in [-0.15, -0.1) is 5.10 Å².